The number of ketones is 1. The zero-order chi connectivity index (χ0) is 20.7. The lowest BCUT2D eigenvalue weighted by Gasteiger charge is -2.29. The lowest BCUT2D eigenvalue weighted by molar-refractivity contribution is -0.131. The number of aryl methyl sites for hydroxylation is 2. The van der Waals surface area contributed by atoms with E-state index < -0.39 is 17.7 Å². The number of halogens is 1. The van der Waals surface area contributed by atoms with Crippen LogP contribution in [0, 0.1) is 13.8 Å². The van der Waals surface area contributed by atoms with Gasteiger partial charge in [-0.1, -0.05) is 34.1 Å². The van der Waals surface area contributed by atoms with Crippen LogP contribution < -0.4 is 0 Å². The second-order valence-electron chi connectivity index (χ2n) is 7.26. The van der Waals surface area contributed by atoms with E-state index in [4.69, 9.17) is 4.74 Å². The fourth-order valence-electron chi connectivity index (χ4n) is 3.97. The maximum atomic E-state index is 13.4. The van der Waals surface area contributed by atoms with Gasteiger partial charge in [0.1, 0.15) is 0 Å². The van der Waals surface area contributed by atoms with Gasteiger partial charge >= 0.3 is 0 Å². The molecule has 6 nitrogen and oxygen atoms in total. The number of benzene rings is 1. The monoisotopic (exact) mass is 476 g/mol. The van der Waals surface area contributed by atoms with Crippen molar-refractivity contribution in [2.45, 2.75) is 38.8 Å². The molecule has 2 aliphatic heterocycles. The summed E-state index contributed by atoms with van der Waals surface area (Å²) in [7, 11) is 0. The zero-order valence-corrected chi connectivity index (χ0v) is 18.5. The van der Waals surface area contributed by atoms with Crippen LogP contribution in [0.5, 0.6) is 0 Å². The van der Waals surface area contributed by atoms with Crippen LogP contribution in [-0.2, 0) is 9.53 Å². The van der Waals surface area contributed by atoms with Crippen molar-refractivity contribution in [3.63, 3.8) is 0 Å². The summed E-state index contributed by atoms with van der Waals surface area (Å²) in [4.78, 5) is 32.8. The summed E-state index contributed by atoms with van der Waals surface area (Å²) in [6.45, 7) is 4.59. The van der Waals surface area contributed by atoms with Gasteiger partial charge < -0.3 is 14.7 Å². The van der Waals surface area contributed by atoms with Crippen molar-refractivity contribution in [2.24, 2.45) is 0 Å². The molecule has 2 atom stereocenters. The van der Waals surface area contributed by atoms with Crippen molar-refractivity contribution < 1.29 is 19.4 Å². The summed E-state index contributed by atoms with van der Waals surface area (Å²) < 4.78 is 6.49. The maximum Gasteiger partial charge on any atom is 0.290 e. The minimum Gasteiger partial charge on any atom is -0.503 e. The van der Waals surface area contributed by atoms with Gasteiger partial charge in [0.05, 0.1) is 33.3 Å². The molecule has 2 aromatic rings. The van der Waals surface area contributed by atoms with Crippen molar-refractivity contribution in [1.82, 2.24) is 9.88 Å². The Kier molecular flexibility index (Phi) is 5.59. The minimum absolute atomic E-state index is 0.0985. The molecule has 1 saturated heterocycles. The Morgan fingerprint density at radius 2 is 2.14 bits per heavy atom. The van der Waals surface area contributed by atoms with Crippen molar-refractivity contribution in [2.75, 3.05) is 13.2 Å². The molecule has 1 aromatic carbocycles. The highest BCUT2D eigenvalue weighted by molar-refractivity contribution is 9.10. The average molecular weight is 477 g/mol. The third-order valence-electron chi connectivity index (χ3n) is 5.28. The minimum atomic E-state index is -0.684. The van der Waals surface area contributed by atoms with E-state index in [2.05, 4.69) is 20.9 Å². The van der Waals surface area contributed by atoms with Crippen LogP contribution in [0.15, 0.2) is 40.1 Å². The number of thiazole rings is 1. The first-order chi connectivity index (χ1) is 13.9. The fourth-order valence-corrected chi connectivity index (χ4v) is 5.34. The number of hydrogen-bond donors (Lipinski definition) is 1. The van der Waals surface area contributed by atoms with Crippen molar-refractivity contribution >= 4 is 39.0 Å². The van der Waals surface area contributed by atoms with Gasteiger partial charge in [-0.05, 0) is 38.3 Å². The topological polar surface area (TPSA) is 79.7 Å². The molecule has 0 aliphatic carbocycles. The lowest BCUT2D eigenvalue weighted by atomic mass is 9.95. The fraction of sp³-hybridized carbons (Fsp3) is 0.381. The van der Waals surface area contributed by atoms with Crippen LogP contribution in [0.2, 0.25) is 0 Å². The molecule has 0 radical (unpaired) electrons. The molecule has 0 bridgehead atoms. The number of aromatic nitrogens is 1. The van der Waals surface area contributed by atoms with Gasteiger partial charge in [0.25, 0.3) is 5.91 Å². The Morgan fingerprint density at radius 1 is 1.38 bits per heavy atom. The number of aliphatic hydroxyl groups is 1. The predicted molar refractivity (Wildman–Crippen MR) is 113 cm³/mol. The van der Waals surface area contributed by atoms with Gasteiger partial charge in [-0.25, -0.2) is 4.98 Å². The first kappa shape index (κ1) is 20.3. The van der Waals surface area contributed by atoms with E-state index in [-0.39, 0.29) is 17.5 Å². The third kappa shape index (κ3) is 3.65. The van der Waals surface area contributed by atoms with Crippen LogP contribution >= 0.6 is 27.3 Å². The lowest BCUT2D eigenvalue weighted by Crippen LogP contribution is -2.37. The molecule has 4 rings (SSSR count). The summed E-state index contributed by atoms with van der Waals surface area (Å²) in [5.74, 6) is -1.38. The second kappa shape index (κ2) is 8.01. The summed E-state index contributed by atoms with van der Waals surface area (Å²) >= 11 is 4.82. The van der Waals surface area contributed by atoms with E-state index in [1.807, 2.05) is 31.2 Å². The highest BCUT2D eigenvalue weighted by atomic mass is 79.9. The number of amides is 1. The quantitative estimate of drug-likeness (QED) is 0.651. The third-order valence-corrected chi connectivity index (χ3v) is 7.08. The SMILES string of the molecule is Cc1nc(C)c(C(=O)C2=C(O)C(=O)N(CC3CCCO3)C2c2ccccc2Br)s1. The predicted octanol–water partition coefficient (Wildman–Crippen LogP) is 4.28. The molecule has 8 heteroatoms. The molecule has 1 N–H and O–H groups in total. The number of hydrogen-bond acceptors (Lipinski definition) is 6. The number of aliphatic hydroxyl groups excluding tert-OH is 1. The van der Waals surface area contributed by atoms with Crippen molar-refractivity contribution in [3.05, 3.63) is 61.2 Å². The standard InChI is InChI=1S/C21H21BrN2O4S/c1-11-20(29-12(2)23-11)18(25)16-17(14-7-3-4-8-15(14)22)24(21(27)19(16)26)10-13-6-5-9-28-13/h3-4,7-8,13,17,26H,5-6,9-10H2,1-2H3. The molecule has 0 saturated carbocycles. The Balaban J connectivity index is 1.80. The first-order valence-corrected chi connectivity index (χ1v) is 11.1. The Hall–Kier alpha value is -2.03. The maximum absolute atomic E-state index is 13.4. The number of Topliss-reactive ketones (excluding diaryl/α,β-unsaturated/α-hetero) is 1. The van der Waals surface area contributed by atoms with E-state index in [1.54, 1.807) is 11.8 Å². The number of carbonyl (C=O) groups is 2. The Labute approximate surface area is 181 Å². The van der Waals surface area contributed by atoms with E-state index >= 15 is 0 Å². The van der Waals surface area contributed by atoms with Crippen LogP contribution in [0.4, 0.5) is 0 Å². The highest BCUT2D eigenvalue weighted by Crippen LogP contribution is 2.42. The van der Waals surface area contributed by atoms with Gasteiger partial charge in [0.2, 0.25) is 5.78 Å². The van der Waals surface area contributed by atoms with Crippen molar-refractivity contribution in [1.29, 1.82) is 0 Å². The summed E-state index contributed by atoms with van der Waals surface area (Å²) in [5.41, 5.74) is 1.46. The Bertz CT molecular complexity index is 1010. The molecule has 0 spiro atoms. The Morgan fingerprint density at radius 3 is 2.76 bits per heavy atom. The van der Waals surface area contributed by atoms with E-state index in [0.717, 1.165) is 27.9 Å². The van der Waals surface area contributed by atoms with Crippen LogP contribution in [-0.4, -0.2) is 45.9 Å². The zero-order valence-electron chi connectivity index (χ0n) is 16.1. The first-order valence-electron chi connectivity index (χ1n) is 9.47. The molecule has 2 aliphatic rings. The average Bonchev–Trinajstić information content (AvgIpc) is 3.37. The number of carbonyl (C=O) groups excluding carboxylic acids is 2. The molecule has 29 heavy (non-hydrogen) atoms. The van der Waals surface area contributed by atoms with E-state index in [0.29, 0.717) is 23.7 Å². The summed E-state index contributed by atoms with van der Waals surface area (Å²) in [5, 5.41) is 11.5. The molecule has 152 valence electrons. The number of ether oxygens (including phenoxy) is 1. The van der Waals surface area contributed by atoms with E-state index in [1.165, 1.54) is 11.3 Å². The highest BCUT2D eigenvalue weighted by Gasteiger charge is 2.46. The summed E-state index contributed by atoms with van der Waals surface area (Å²) in [6, 6.07) is 6.77. The number of rotatable bonds is 5. The molecule has 1 aromatic heterocycles. The second-order valence-corrected chi connectivity index (χ2v) is 9.31. The molecule has 1 fully saturated rings. The van der Waals surface area contributed by atoms with Gasteiger partial charge in [-0.2, -0.15) is 0 Å². The van der Waals surface area contributed by atoms with Gasteiger partial charge in [-0.15, -0.1) is 11.3 Å². The smallest absolute Gasteiger partial charge is 0.290 e. The molecule has 2 unspecified atom stereocenters. The molecule has 1 amide bonds. The summed E-state index contributed by atoms with van der Waals surface area (Å²) in [6.07, 6.45) is 1.69. The molecular weight excluding hydrogens is 456 g/mol. The largest absolute Gasteiger partial charge is 0.503 e. The molecule has 3 heterocycles. The van der Waals surface area contributed by atoms with Crippen LogP contribution in [0.1, 0.15) is 44.8 Å². The van der Waals surface area contributed by atoms with Gasteiger partial charge in [0, 0.05) is 17.6 Å². The van der Waals surface area contributed by atoms with Crippen molar-refractivity contribution in [3.8, 4) is 0 Å². The van der Waals surface area contributed by atoms with E-state index in [9.17, 15) is 14.7 Å². The normalized spacial score (nSPS) is 22.0. The van der Waals surface area contributed by atoms with Crippen LogP contribution in [0.25, 0.3) is 0 Å². The van der Waals surface area contributed by atoms with Crippen LogP contribution in [0.3, 0.4) is 0 Å². The number of nitrogens with zero attached hydrogens (tertiary/aromatic N) is 2. The van der Waals surface area contributed by atoms with Gasteiger partial charge in [0.15, 0.2) is 5.76 Å². The molecular formula is C21H21BrN2O4S. The van der Waals surface area contributed by atoms with Gasteiger partial charge in [-0.3, -0.25) is 9.59 Å².